The number of hydrogen-bond acceptors (Lipinski definition) is 14. The Bertz CT molecular complexity index is 1580. The van der Waals surface area contributed by atoms with E-state index in [0.717, 1.165) is 0 Å². The van der Waals surface area contributed by atoms with Crippen molar-refractivity contribution in [3.63, 3.8) is 0 Å². The molecule has 1 unspecified atom stereocenters. The van der Waals surface area contributed by atoms with E-state index in [-0.39, 0.29) is 31.4 Å². The monoisotopic (exact) mass is 968 g/mol. The van der Waals surface area contributed by atoms with E-state index in [2.05, 4.69) is 44.2 Å². The maximum atomic E-state index is 18.4. The normalized spacial score (nSPS) is 46.9. The third kappa shape index (κ3) is 12.1. The van der Waals surface area contributed by atoms with Gasteiger partial charge in [-0.3, -0.25) is 4.79 Å². The molecular formula is C46H90FNO13Si3. The number of ether oxygens (including phenoxy) is 7. The number of alkyl halides is 1. The van der Waals surface area contributed by atoms with Gasteiger partial charge >= 0.3 is 5.97 Å². The number of carbonyl (C=O) groups is 1. The number of fused-ring (bicyclic) bond motifs is 2. The Hall–Kier alpha value is -0.429. The highest BCUT2D eigenvalue weighted by Crippen LogP contribution is 2.58. The summed E-state index contributed by atoms with van der Waals surface area (Å²) in [5.41, 5.74) is -6.66. The van der Waals surface area contributed by atoms with Crippen LogP contribution in [0, 0.1) is 17.8 Å². The number of aliphatic hydroxyl groups excluding tert-OH is 1. The molecule has 64 heavy (non-hydrogen) atoms. The van der Waals surface area contributed by atoms with Crippen LogP contribution in [0.1, 0.15) is 94.9 Å². The van der Waals surface area contributed by atoms with Crippen molar-refractivity contribution < 1.29 is 65.8 Å². The molecule has 0 aromatic rings. The zero-order chi connectivity index (χ0) is 49.1. The molecule has 0 aliphatic carbocycles. The van der Waals surface area contributed by atoms with Crippen LogP contribution in [0.3, 0.4) is 0 Å². The second kappa shape index (κ2) is 19.8. The Morgan fingerprint density at radius 1 is 0.844 bits per heavy atom. The third-order valence-corrected chi connectivity index (χ3v) is 16.8. The van der Waals surface area contributed by atoms with Gasteiger partial charge in [-0.15, -0.1) is 0 Å². The van der Waals surface area contributed by atoms with E-state index >= 15 is 4.39 Å². The van der Waals surface area contributed by atoms with E-state index in [0.29, 0.717) is 6.42 Å². The predicted molar refractivity (Wildman–Crippen MR) is 252 cm³/mol. The molecule has 14 nitrogen and oxygen atoms in total. The summed E-state index contributed by atoms with van der Waals surface area (Å²) in [6.07, 6.45) is -7.58. The first-order chi connectivity index (χ1) is 28.9. The van der Waals surface area contributed by atoms with Gasteiger partial charge in [0.2, 0.25) is 0 Å². The van der Waals surface area contributed by atoms with Gasteiger partial charge in [0, 0.05) is 37.8 Å². The van der Waals surface area contributed by atoms with Gasteiger partial charge in [0.05, 0.1) is 53.7 Å². The molecule has 4 aliphatic heterocycles. The molecule has 2 N–H and O–H groups in total. The number of rotatable bonds is 13. The van der Waals surface area contributed by atoms with Gasteiger partial charge in [0.25, 0.3) is 0 Å². The highest BCUT2D eigenvalue weighted by Gasteiger charge is 2.72. The second-order valence-corrected chi connectivity index (χ2v) is 37.0. The number of cyclic esters (lactones) is 1. The molecule has 4 fully saturated rings. The molecule has 0 saturated carbocycles. The summed E-state index contributed by atoms with van der Waals surface area (Å²) in [6, 6.07) is -0.0944. The lowest BCUT2D eigenvalue weighted by atomic mass is 9.73. The van der Waals surface area contributed by atoms with Crippen LogP contribution in [0.2, 0.25) is 58.9 Å². The minimum atomic E-state index is -2.73. The van der Waals surface area contributed by atoms with Gasteiger partial charge in [-0.25, -0.2) is 4.39 Å². The largest absolute Gasteiger partial charge is 0.459 e. The Morgan fingerprint density at radius 3 is 1.92 bits per heavy atom. The lowest BCUT2D eigenvalue weighted by Crippen LogP contribution is -2.65. The topological polar surface area (TPSA) is 153 Å². The summed E-state index contributed by atoms with van der Waals surface area (Å²) in [4.78, 5) is 16.8. The number of halogens is 1. The van der Waals surface area contributed by atoms with Gasteiger partial charge in [-0.05, 0) is 134 Å². The van der Waals surface area contributed by atoms with Crippen molar-refractivity contribution in [2.75, 3.05) is 21.2 Å². The zero-order valence-corrected chi connectivity index (χ0v) is 46.6. The Morgan fingerprint density at radius 2 is 1.42 bits per heavy atom. The number of aliphatic hydroxyl groups is 2. The summed E-state index contributed by atoms with van der Waals surface area (Å²) in [7, 11) is -1.35. The third-order valence-electron chi connectivity index (χ3n) is 13.9. The molecule has 4 rings (SSSR count). The fraction of sp³-hybridized carbons (Fsp3) is 0.978. The quantitative estimate of drug-likeness (QED) is 0.138. The van der Waals surface area contributed by atoms with E-state index in [1.165, 1.54) is 13.8 Å². The van der Waals surface area contributed by atoms with E-state index < -0.39 is 132 Å². The summed E-state index contributed by atoms with van der Waals surface area (Å²) < 4.78 is 86.5. The van der Waals surface area contributed by atoms with Crippen molar-refractivity contribution in [1.29, 1.82) is 0 Å². The zero-order valence-electron chi connectivity index (χ0n) is 43.6. The smallest absolute Gasteiger partial charge is 0.311 e. The standard InChI is InChI=1S/C46H90FNO13Si3/c1-23-33-45(10,51)37(49)30(5)46(61-64(20,21)22)44(9,47)26-43(8,60-46)38(57-41-36(58-62(14,15)16)32(48(11)12)24-27(2)53-41)28(3)35(29(4)40(50)55-33)56-34-25-42(7,52-13)39(31(6)54-34)59-63(17,18)19/h27-39,41,49,51H,23-26H2,1-22H3/t27-,28+,29-,30-,31+,32+,33-,34?,35+,36+,37-,38-,39+,41+,42-,43-,44+,45-,46+/m1/s1. The predicted octanol–water partition coefficient (Wildman–Crippen LogP) is 7.61. The van der Waals surface area contributed by atoms with Crippen molar-refractivity contribution >= 4 is 30.9 Å². The lowest BCUT2D eigenvalue weighted by molar-refractivity contribution is -0.339. The van der Waals surface area contributed by atoms with Gasteiger partial charge < -0.3 is 61.5 Å². The molecule has 18 heteroatoms. The second-order valence-electron chi connectivity index (χ2n) is 23.7. The van der Waals surface area contributed by atoms with Gasteiger partial charge in [0.15, 0.2) is 49.0 Å². The van der Waals surface area contributed by atoms with Crippen LogP contribution in [0.15, 0.2) is 0 Å². The van der Waals surface area contributed by atoms with Crippen LogP contribution in [0.5, 0.6) is 0 Å². The van der Waals surface area contributed by atoms with Gasteiger partial charge in [-0.1, -0.05) is 20.8 Å². The van der Waals surface area contributed by atoms with E-state index in [9.17, 15) is 15.0 Å². The fourth-order valence-electron chi connectivity index (χ4n) is 10.9. The molecule has 0 spiro atoms. The minimum absolute atomic E-state index is 0.0944. The van der Waals surface area contributed by atoms with Crippen molar-refractivity contribution in [1.82, 2.24) is 4.90 Å². The van der Waals surface area contributed by atoms with Crippen molar-refractivity contribution in [2.24, 2.45) is 17.8 Å². The summed E-state index contributed by atoms with van der Waals surface area (Å²) in [5.74, 6) is -5.70. The molecule has 376 valence electrons. The Labute approximate surface area is 388 Å². The summed E-state index contributed by atoms with van der Waals surface area (Å²) in [6.45, 7) is 36.1. The molecule has 19 atom stereocenters. The first-order valence-electron chi connectivity index (χ1n) is 23.8. The number of hydrogen-bond donors (Lipinski definition) is 2. The van der Waals surface area contributed by atoms with Gasteiger partial charge in [0.1, 0.15) is 17.8 Å². The van der Waals surface area contributed by atoms with Gasteiger partial charge in [-0.2, -0.15) is 0 Å². The molecule has 0 amide bonds. The highest BCUT2D eigenvalue weighted by atomic mass is 28.4. The average molecular weight is 968 g/mol. The molecule has 4 aliphatic rings. The molecule has 4 saturated heterocycles. The number of likely N-dealkylation sites (N-methyl/N-ethyl adjacent to an activating group) is 1. The minimum Gasteiger partial charge on any atom is -0.459 e. The molecular weight excluding hydrogens is 878 g/mol. The first kappa shape index (κ1) is 56.2. The van der Waals surface area contributed by atoms with Crippen molar-refractivity contribution in [3.8, 4) is 0 Å². The number of nitrogens with zero attached hydrogens (tertiary/aromatic N) is 1. The van der Waals surface area contributed by atoms with Crippen LogP contribution in [0.25, 0.3) is 0 Å². The molecule has 0 aromatic heterocycles. The Balaban J connectivity index is 2.01. The van der Waals surface area contributed by atoms with Crippen LogP contribution < -0.4 is 0 Å². The molecule has 0 radical (unpaired) electrons. The van der Waals surface area contributed by atoms with Crippen molar-refractivity contribution in [2.45, 2.75) is 250 Å². The van der Waals surface area contributed by atoms with Crippen LogP contribution >= 0.6 is 0 Å². The van der Waals surface area contributed by atoms with E-state index in [1.807, 2.05) is 61.4 Å². The SMILES string of the molecule is CC[C@H]1OC(=O)[C@H](C)[C@@H](OC2C[C@@](C)(OC)[C@@H](O[Si](C)(C)C)[C@H](C)O2)[C@H](C)[C@@H](O[C@@H]2O[C@H](C)C[C@H](N(C)C)[C@@H]2O[Si](C)(C)C)[C@@]2(C)C[C@](C)(F)[C@](O[Si](C)(C)C)(O2)[C@H](C)[C@@H](O)[C@]1(C)O. The van der Waals surface area contributed by atoms with E-state index in [4.69, 9.17) is 46.4 Å². The highest BCUT2D eigenvalue weighted by molar-refractivity contribution is 6.70. The Kier molecular flexibility index (Phi) is 17.3. The number of esters is 1. The number of carbonyl (C=O) groups excluding carboxylic acids is 1. The average Bonchev–Trinajstić information content (AvgIpc) is 3.34. The summed E-state index contributed by atoms with van der Waals surface area (Å²) in [5, 5.41) is 24.6. The summed E-state index contributed by atoms with van der Waals surface area (Å²) >= 11 is 0. The number of methoxy groups -OCH3 is 1. The van der Waals surface area contributed by atoms with Crippen LogP contribution in [0.4, 0.5) is 4.39 Å². The first-order valence-corrected chi connectivity index (χ1v) is 34.0. The maximum absolute atomic E-state index is 18.4. The van der Waals surface area contributed by atoms with Crippen LogP contribution in [-0.2, 0) is 51.2 Å². The molecule has 4 heterocycles. The lowest BCUT2D eigenvalue weighted by Gasteiger charge is -2.51. The molecule has 2 bridgehead atoms. The molecule has 0 aromatic carbocycles. The maximum Gasteiger partial charge on any atom is 0.311 e. The van der Waals surface area contributed by atoms with Crippen molar-refractivity contribution in [3.05, 3.63) is 0 Å². The van der Waals surface area contributed by atoms with Crippen LogP contribution in [-0.4, -0.2) is 163 Å². The fourth-order valence-corrected chi connectivity index (χ4v) is 14.6. The van der Waals surface area contributed by atoms with E-state index in [1.54, 1.807) is 34.8 Å².